The summed E-state index contributed by atoms with van der Waals surface area (Å²) in [5.74, 6) is 0.418. The summed E-state index contributed by atoms with van der Waals surface area (Å²) in [5.41, 5.74) is 0.679. The van der Waals surface area contributed by atoms with Gasteiger partial charge in [0, 0.05) is 12.6 Å². The van der Waals surface area contributed by atoms with E-state index in [4.69, 9.17) is 11.6 Å². The van der Waals surface area contributed by atoms with Crippen LogP contribution in [0.25, 0.3) is 0 Å². The molecule has 0 amide bonds. The maximum Gasteiger partial charge on any atom is 0.224 e. The summed E-state index contributed by atoms with van der Waals surface area (Å²) in [6.45, 7) is 4.50. The number of anilines is 2. The standard InChI is InChI=1S/C21H25ClFN5O/c1-21(2)10-15(6-7-17(21)29)27-19-14(11-24)12-26-20(28-19)25-9-8-13-4-3-5-16(22)18(13)23/h3-5,12,15,17,29H,6-10H2,1-2H3,(H2,25,26,27,28)/t15-,17+/m1/s1. The molecule has 1 aliphatic carbocycles. The van der Waals surface area contributed by atoms with E-state index in [1.165, 1.54) is 12.3 Å². The second kappa shape index (κ2) is 8.93. The summed E-state index contributed by atoms with van der Waals surface area (Å²) in [6.07, 6.45) is 3.85. The molecular formula is C21H25ClFN5O. The molecule has 2 atom stereocenters. The highest BCUT2D eigenvalue weighted by Crippen LogP contribution is 2.37. The smallest absolute Gasteiger partial charge is 0.224 e. The SMILES string of the molecule is CC1(C)C[C@H](Nc2nc(NCCc3cccc(Cl)c3F)ncc2C#N)CC[C@@H]1O. The number of halogens is 2. The number of nitrogens with one attached hydrogen (secondary N) is 2. The summed E-state index contributed by atoms with van der Waals surface area (Å²) in [5, 5.41) is 26.0. The highest BCUT2D eigenvalue weighted by atomic mass is 35.5. The first-order chi connectivity index (χ1) is 13.8. The molecule has 3 N–H and O–H groups in total. The number of nitriles is 1. The van der Waals surface area contributed by atoms with Gasteiger partial charge in [-0.05, 0) is 42.7 Å². The van der Waals surface area contributed by atoms with Gasteiger partial charge in [-0.3, -0.25) is 0 Å². The maximum absolute atomic E-state index is 14.0. The lowest BCUT2D eigenvalue weighted by atomic mass is 9.73. The maximum atomic E-state index is 14.0. The molecule has 0 spiro atoms. The van der Waals surface area contributed by atoms with Crippen LogP contribution in [0.4, 0.5) is 16.2 Å². The first-order valence-corrected chi connectivity index (χ1v) is 10.1. The molecule has 154 valence electrons. The first-order valence-electron chi connectivity index (χ1n) is 9.68. The zero-order valence-corrected chi connectivity index (χ0v) is 17.3. The van der Waals surface area contributed by atoms with Gasteiger partial charge in [-0.15, -0.1) is 0 Å². The molecule has 0 saturated heterocycles. The molecule has 1 heterocycles. The van der Waals surface area contributed by atoms with Crippen LogP contribution in [0.15, 0.2) is 24.4 Å². The molecule has 1 aliphatic rings. The van der Waals surface area contributed by atoms with Crippen molar-refractivity contribution in [3.05, 3.63) is 46.4 Å². The van der Waals surface area contributed by atoms with Crippen molar-refractivity contribution in [2.24, 2.45) is 5.41 Å². The van der Waals surface area contributed by atoms with Crippen molar-refractivity contribution in [1.82, 2.24) is 9.97 Å². The minimum atomic E-state index is -0.416. The molecule has 29 heavy (non-hydrogen) atoms. The van der Waals surface area contributed by atoms with E-state index < -0.39 is 5.82 Å². The summed E-state index contributed by atoms with van der Waals surface area (Å²) < 4.78 is 14.0. The first kappa shape index (κ1) is 21.3. The number of benzene rings is 1. The van der Waals surface area contributed by atoms with Gasteiger partial charge in [-0.25, -0.2) is 9.37 Å². The molecule has 0 bridgehead atoms. The monoisotopic (exact) mass is 417 g/mol. The van der Waals surface area contributed by atoms with E-state index in [-0.39, 0.29) is 22.6 Å². The van der Waals surface area contributed by atoms with E-state index in [9.17, 15) is 14.8 Å². The van der Waals surface area contributed by atoms with E-state index in [1.54, 1.807) is 12.1 Å². The molecule has 1 aromatic heterocycles. The van der Waals surface area contributed by atoms with Gasteiger partial charge in [0.05, 0.1) is 17.3 Å². The van der Waals surface area contributed by atoms with Gasteiger partial charge in [0.15, 0.2) is 0 Å². The highest BCUT2D eigenvalue weighted by Gasteiger charge is 2.35. The van der Waals surface area contributed by atoms with Crippen molar-refractivity contribution >= 4 is 23.4 Å². The third-order valence-corrected chi connectivity index (χ3v) is 5.71. The number of aliphatic hydroxyl groups excluding tert-OH is 1. The number of aliphatic hydroxyl groups is 1. The van der Waals surface area contributed by atoms with Crippen molar-refractivity contribution in [2.45, 2.75) is 51.7 Å². The second-order valence-corrected chi connectivity index (χ2v) is 8.49. The molecule has 3 rings (SSSR count). The van der Waals surface area contributed by atoms with Gasteiger partial charge in [-0.1, -0.05) is 37.6 Å². The minimum Gasteiger partial charge on any atom is -0.393 e. The normalized spacial score (nSPS) is 20.7. The molecule has 2 aromatic rings. The van der Waals surface area contributed by atoms with Crippen molar-refractivity contribution in [2.75, 3.05) is 17.2 Å². The van der Waals surface area contributed by atoms with E-state index in [1.807, 2.05) is 13.8 Å². The van der Waals surface area contributed by atoms with Gasteiger partial charge >= 0.3 is 0 Å². The minimum absolute atomic E-state index is 0.101. The lowest BCUT2D eigenvalue weighted by molar-refractivity contribution is 0.00926. The lowest BCUT2D eigenvalue weighted by Crippen LogP contribution is -2.41. The van der Waals surface area contributed by atoms with Crippen LogP contribution in [0.2, 0.25) is 5.02 Å². The van der Waals surface area contributed by atoms with Crippen molar-refractivity contribution in [3.8, 4) is 6.07 Å². The van der Waals surface area contributed by atoms with E-state index in [0.29, 0.717) is 42.3 Å². The third kappa shape index (κ3) is 5.14. The van der Waals surface area contributed by atoms with Gasteiger partial charge < -0.3 is 15.7 Å². The van der Waals surface area contributed by atoms with Crippen molar-refractivity contribution < 1.29 is 9.50 Å². The number of hydrogen-bond acceptors (Lipinski definition) is 6. The fourth-order valence-corrected chi connectivity index (χ4v) is 3.84. The van der Waals surface area contributed by atoms with Crippen LogP contribution in [-0.2, 0) is 6.42 Å². The molecule has 0 unspecified atom stereocenters. The van der Waals surface area contributed by atoms with Crippen molar-refractivity contribution in [3.63, 3.8) is 0 Å². The van der Waals surface area contributed by atoms with Gasteiger partial charge in [-0.2, -0.15) is 10.2 Å². The average Bonchev–Trinajstić information content (AvgIpc) is 2.68. The third-order valence-electron chi connectivity index (χ3n) is 5.42. The Bertz CT molecular complexity index is 914. The molecular weight excluding hydrogens is 393 g/mol. The Morgan fingerprint density at radius 3 is 2.90 bits per heavy atom. The quantitative estimate of drug-likeness (QED) is 0.653. The molecule has 6 nitrogen and oxygen atoms in total. The van der Waals surface area contributed by atoms with E-state index in [2.05, 4.69) is 26.7 Å². The highest BCUT2D eigenvalue weighted by molar-refractivity contribution is 6.30. The molecule has 1 fully saturated rings. The van der Waals surface area contributed by atoms with Crippen LogP contribution in [0, 0.1) is 22.6 Å². The molecule has 0 aliphatic heterocycles. The van der Waals surface area contributed by atoms with Crippen LogP contribution < -0.4 is 10.6 Å². The fourth-order valence-electron chi connectivity index (χ4n) is 3.65. The van der Waals surface area contributed by atoms with E-state index in [0.717, 1.165) is 12.8 Å². The number of hydrogen-bond donors (Lipinski definition) is 3. The van der Waals surface area contributed by atoms with Gasteiger partial charge in [0.1, 0.15) is 23.3 Å². The predicted octanol–water partition coefficient (Wildman–Crippen LogP) is 4.15. The Labute approximate surface area is 175 Å². The van der Waals surface area contributed by atoms with Crippen LogP contribution in [0.1, 0.15) is 44.2 Å². The van der Waals surface area contributed by atoms with Gasteiger partial charge in [0.2, 0.25) is 5.95 Å². The number of nitrogens with zero attached hydrogens (tertiary/aromatic N) is 3. The topological polar surface area (TPSA) is 93.9 Å². The largest absolute Gasteiger partial charge is 0.393 e. The lowest BCUT2D eigenvalue weighted by Gasteiger charge is -2.40. The summed E-state index contributed by atoms with van der Waals surface area (Å²) in [4.78, 5) is 8.61. The van der Waals surface area contributed by atoms with Crippen LogP contribution in [0.5, 0.6) is 0 Å². The zero-order chi connectivity index (χ0) is 21.0. The summed E-state index contributed by atoms with van der Waals surface area (Å²) >= 11 is 5.81. The Kier molecular flexibility index (Phi) is 6.56. The Morgan fingerprint density at radius 2 is 2.17 bits per heavy atom. The number of aromatic nitrogens is 2. The van der Waals surface area contributed by atoms with Crippen LogP contribution in [0.3, 0.4) is 0 Å². The predicted molar refractivity (Wildman–Crippen MR) is 111 cm³/mol. The molecule has 1 aromatic carbocycles. The molecule has 8 heteroatoms. The Hall–Kier alpha value is -2.43. The van der Waals surface area contributed by atoms with E-state index >= 15 is 0 Å². The average molecular weight is 418 g/mol. The number of rotatable bonds is 6. The van der Waals surface area contributed by atoms with Gasteiger partial charge in [0.25, 0.3) is 0 Å². The van der Waals surface area contributed by atoms with Crippen molar-refractivity contribution in [1.29, 1.82) is 5.26 Å². The second-order valence-electron chi connectivity index (χ2n) is 8.08. The van der Waals surface area contributed by atoms with Crippen LogP contribution >= 0.6 is 11.6 Å². The fraction of sp³-hybridized carbons (Fsp3) is 0.476. The van der Waals surface area contributed by atoms with Crippen LogP contribution in [-0.4, -0.2) is 33.8 Å². The Morgan fingerprint density at radius 1 is 1.38 bits per heavy atom. The molecule has 0 radical (unpaired) electrons. The Balaban J connectivity index is 1.66. The molecule has 1 saturated carbocycles. The zero-order valence-electron chi connectivity index (χ0n) is 16.5. The summed E-state index contributed by atoms with van der Waals surface area (Å²) in [6, 6.07) is 7.14. The summed E-state index contributed by atoms with van der Waals surface area (Å²) in [7, 11) is 0.